The Kier molecular flexibility index (Phi) is 8.05. The molecule has 0 saturated carbocycles. The van der Waals surface area contributed by atoms with Crippen molar-refractivity contribution >= 4 is 17.7 Å². The van der Waals surface area contributed by atoms with Crippen molar-refractivity contribution in [1.82, 2.24) is 15.5 Å². The Labute approximate surface area is 205 Å². The molecule has 2 N–H and O–H groups in total. The van der Waals surface area contributed by atoms with Crippen molar-refractivity contribution < 1.29 is 18.7 Å². The molecular weight excluding hydrogens is 444 g/mol. The molecule has 8 nitrogen and oxygen atoms in total. The molecule has 0 radical (unpaired) electrons. The number of piperazine rings is 1. The standard InChI is InChI=1S/C27H32N4O4/c1-20-25(26(32)34-2)16-24(35-20)18-29-27(33)28-17-21-8-6-7-9-22(21)19-30-12-14-31(15-13-30)23-10-4-3-5-11-23/h3-11,16H,12-15,17-19H2,1-2H3,(H2,28,29,33). The van der Waals surface area contributed by atoms with Crippen molar-refractivity contribution in [2.45, 2.75) is 26.6 Å². The summed E-state index contributed by atoms with van der Waals surface area (Å²) in [4.78, 5) is 29.0. The molecular formula is C27H32N4O4. The average molecular weight is 477 g/mol. The van der Waals surface area contributed by atoms with E-state index in [4.69, 9.17) is 9.15 Å². The van der Waals surface area contributed by atoms with Gasteiger partial charge in [0.15, 0.2) is 0 Å². The molecule has 2 heterocycles. The van der Waals surface area contributed by atoms with E-state index in [1.165, 1.54) is 18.4 Å². The zero-order chi connectivity index (χ0) is 24.6. The Morgan fingerprint density at radius 1 is 0.914 bits per heavy atom. The zero-order valence-corrected chi connectivity index (χ0v) is 20.3. The van der Waals surface area contributed by atoms with Gasteiger partial charge in [0.2, 0.25) is 0 Å². The number of hydrogen-bond acceptors (Lipinski definition) is 6. The minimum absolute atomic E-state index is 0.178. The first-order chi connectivity index (χ1) is 17.0. The van der Waals surface area contributed by atoms with Crippen molar-refractivity contribution in [2.24, 2.45) is 0 Å². The Hall–Kier alpha value is -3.78. The first-order valence-electron chi connectivity index (χ1n) is 11.8. The number of amides is 2. The molecule has 4 rings (SSSR count). The summed E-state index contributed by atoms with van der Waals surface area (Å²) in [5.74, 6) is 0.501. The number of furan rings is 1. The summed E-state index contributed by atoms with van der Waals surface area (Å²) in [7, 11) is 1.32. The molecule has 1 aliphatic heterocycles. The number of para-hydroxylation sites is 1. The number of urea groups is 1. The lowest BCUT2D eigenvalue weighted by molar-refractivity contribution is 0.0598. The van der Waals surface area contributed by atoms with Gasteiger partial charge in [0, 0.05) is 45.0 Å². The monoisotopic (exact) mass is 476 g/mol. The van der Waals surface area contributed by atoms with Crippen LogP contribution in [0.25, 0.3) is 0 Å². The van der Waals surface area contributed by atoms with Gasteiger partial charge in [-0.1, -0.05) is 42.5 Å². The minimum atomic E-state index is -0.458. The van der Waals surface area contributed by atoms with Crippen LogP contribution in [0.15, 0.2) is 65.1 Å². The number of ether oxygens (including phenoxy) is 1. The summed E-state index contributed by atoms with van der Waals surface area (Å²) in [5.41, 5.74) is 3.94. The van der Waals surface area contributed by atoms with Crippen LogP contribution in [-0.2, 0) is 24.4 Å². The summed E-state index contributed by atoms with van der Waals surface area (Å²) in [6.07, 6.45) is 0. The molecule has 35 heavy (non-hydrogen) atoms. The third-order valence-corrected chi connectivity index (χ3v) is 6.24. The van der Waals surface area contributed by atoms with Crippen LogP contribution < -0.4 is 15.5 Å². The highest BCUT2D eigenvalue weighted by molar-refractivity contribution is 5.90. The maximum Gasteiger partial charge on any atom is 0.341 e. The van der Waals surface area contributed by atoms with Gasteiger partial charge in [-0.05, 0) is 36.2 Å². The number of rotatable bonds is 8. The molecule has 0 spiro atoms. The fraction of sp³-hybridized carbons (Fsp3) is 0.333. The van der Waals surface area contributed by atoms with Gasteiger partial charge in [-0.25, -0.2) is 9.59 Å². The SMILES string of the molecule is COC(=O)c1cc(CNC(=O)NCc2ccccc2CN2CCN(c3ccccc3)CC2)oc1C. The van der Waals surface area contributed by atoms with Gasteiger partial charge < -0.3 is 24.7 Å². The molecule has 1 aliphatic rings. The molecule has 1 fully saturated rings. The second kappa shape index (κ2) is 11.6. The lowest BCUT2D eigenvalue weighted by Crippen LogP contribution is -2.46. The third-order valence-electron chi connectivity index (χ3n) is 6.24. The molecule has 2 aromatic carbocycles. The van der Waals surface area contributed by atoms with Gasteiger partial charge in [0.25, 0.3) is 0 Å². The van der Waals surface area contributed by atoms with Gasteiger partial charge in [-0.15, -0.1) is 0 Å². The average Bonchev–Trinajstić information content (AvgIpc) is 3.28. The molecule has 0 aliphatic carbocycles. The molecule has 1 saturated heterocycles. The van der Waals surface area contributed by atoms with Gasteiger partial charge in [-0.2, -0.15) is 0 Å². The first kappa shape index (κ1) is 24.3. The third kappa shape index (κ3) is 6.42. The second-order valence-corrected chi connectivity index (χ2v) is 8.58. The van der Waals surface area contributed by atoms with E-state index in [-0.39, 0.29) is 12.6 Å². The van der Waals surface area contributed by atoms with E-state index in [2.05, 4.69) is 50.8 Å². The van der Waals surface area contributed by atoms with Gasteiger partial charge in [0.05, 0.1) is 13.7 Å². The summed E-state index contributed by atoms with van der Waals surface area (Å²) in [6, 6.07) is 20.0. The Morgan fingerprint density at radius 3 is 2.29 bits per heavy atom. The van der Waals surface area contributed by atoms with E-state index >= 15 is 0 Å². The summed E-state index contributed by atoms with van der Waals surface area (Å²) in [6.45, 7) is 7.13. The minimum Gasteiger partial charge on any atom is -0.465 e. The lowest BCUT2D eigenvalue weighted by Gasteiger charge is -2.36. The van der Waals surface area contributed by atoms with E-state index < -0.39 is 5.97 Å². The number of benzene rings is 2. The van der Waals surface area contributed by atoms with Crippen LogP contribution >= 0.6 is 0 Å². The highest BCUT2D eigenvalue weighted by atomic mass is 16.5. The summed E-state index contributed by atoms with van der Waals surface area (Å²) < 4.78 is 10.3. The van der Waals surface area contributed by atoms with Crippen LogP contribution in [-0.4, -0.2) is 50.2 Å². The Morgan fingerprint density at radius 2 is 1.57 bits per heavy atom. The van der Waals surface area contributed by atoms with Crippen LogP contribution in [0.2, 0.25) is 0 Å². The normalized spacial score (nSPS) is 13.9. The van der Waals surface area contributed by atoms with Crippen LogP contribution in [0.3, 0.4) is 0 Å². The largest absolute Gasteiger partial charge is 0.465 e. The number of carbonyl (C=O) groups excluding carboxylic acids is 2. The maximum absolute atomic E-state index is 12.4. The topological polar surface area (TPSA) is 87.0 Å². The number of aryl methyl sites for hydroxylation is 1. The van der Waals surface area contributed by atoms with E-state index in [9.17, 15) is 9.59 Å². The molecule has 0 bridgehead atoms. The molecule has 184 valence electrons. The van der Waals surface area contributed by atoms with Crippen LogP contribution in [0.5, 0.6) is 0 Å². The fourth-order valence-electron chi connectivity index (χ4n) is 4.28. The van der Waals surface area contributed by atoms with Crippen LogP contribution in [0.1, 0.15) is 33.0 Å². The summed E-state index contributed by atoms with van der Waals surface area (Å²) >= 11 is 0. The van der Waals surface area contributed by atoms with Crippen LogP contribution in [0.4, 0.5) is 10.5 Å². The molecule has 0 atom stereocenters. The lowest BCUT2D eigenvalue weighted by atomic mass is 10.1. The number of methoxy groups -OCH3 is 1. The van der Waals surface area contributed by atoms with Crippen molar-refractivity contribution in [3.05, 3.63) is 88.9 Å². The predicted octanol–water partition coefficient (Wildman–Crippen LogP) is 3.70. The Balaban J connectivity index is 1.26. The van der Waals surface area contributed by atoms with E-state index in [1.807, 2.05) is 24.3 Å². The second-order valence-electron chi connectivity index (χ2n) is 8.58. The number of nitrogens with one attached hydrogen (secondary N) is 2. The van der Waals surface area contributed by atoms with Crippen molar-refractivity contribution in [3.8, 4) is 0 Å². The van der Waals surface area contributed by atoms with Gasteiger partial charge in [-0.3, -0.25) is 4.90 Å². The first-order valence-corrected chi connectivity index (χ1v) is 11.8. The molecule has 1 aromatic heterocycles. The fourth-order valence-corrected chi connectivity index (χ4v) is 4.28. The van der Waals surface area contributed by atoms with E-state index in [0.717, 1.165) is 38.3 Å². The number of carbonyl (C=O) groups is 2. The van der Waals surface area contributed by atoms with Gasteiger partial charge >= 0.3 is 12.0 Å². The molecule has 3 aromatic rings. The molecule has 0 unspecified atom stereocenters. The number of anilines is 1. The molecule has 8 heteroatoms. The predicted molar refractivity (Wildman–Crippen MR) is 134 cm³/mol. The zero-order valence-electron chi connectivity index (χ0n) is 20.3. The highest BCUT2D eigenvalue weighted by Gasteiger charge is 2.19. The van der Waals surface area contributed by atoms with Crippen molar-refractivity contribution in [1.29, 1.82) is 0 Å². The smallest absolute Gasteiger partial charge is 0.341 e. The van der Waals surface area contributed by atoms with Crippen molar-refractivity contribution in [3.63, 3.8) is 0 Å². The van der Waals surface area contributed by atoms with Gasteiger partial charge in [0.1, 0.15) is 17.1 Å². The number of nitrogens with zero attached hydrogens (tertiary/aromatic N) is 2. The molecule has 2 amide bonds. The number of esters is 1. The maximum atomic E-state index is 12.4. The highest BCUT2D eigenvalue weighted by Crippen LogP contribution is 2.18. The van der Waals surface area contributed by atoms with Crippen LogP contribution in [0, 0.1) is 6.92 Å². The quantitative estimate of drug-likeness (QED) is 0.482. The van der Waals surface area contributed by atoms with E-state index in [0.29, 0.717) is 23.6 Å². The number of hydrogen-bond donors (Lipinski definition) is 2. The van der Waals surface area contributed by atoms with Crippen molar-refractivity contribution in [2.75, 3.05) is 38.2 Å². The van der Waals surface area contributed by atoms with E-state index in [1.54, 1.807) is 13.0 Å². The Bertz CT molecular complexity index is 1140. The summed E-state index contributed by atoms with van der Waals surface area (Å²) in [5, 5.41) is 5.70.